The number of hydrogen-bond donors (Lipinski definition) is 2. The molecule has 0 saturated heterocycles. The minimum absolute atomic E-state index is 0.136. The number of carbonyl (C=O) groups excluding carboxylic acids is 1. The fourth-order valence-electron chi connectivity index (χ4n) is 2.66. The van der Waals surface area contributed by atoms with E-state index in [1.165, 1.54) is 51.4 Å². The van der Waals surface area contributed by atoms with Crippen LogP contribution in [0.1, 0.15) is 84.0 Å². The number of unbranched alkanes of at least 4 members (excludes halogenated alkanes) is 9. The van der Waals surface area contributed by atoms with Crippen molar-refractivity contribution in [3.05, 3.63) is 0 Å². The van der Waals surface area contributed by atoms with Gasteiger partial charge in [-0.1, -0.05) is 71.1 Å². The first-order valence-corrected chi connectivity index (χ1v) is 9.74. The zero-order valence-electron chi connectivity index (χ0n) is 14.6. The summed E-state index contributed by atoms with van der Waals surface area (Å²) in [6.07, 6.45) is 12.7. The number of carboxylic acid groups (broad SMARTS) is 1. The Kier molecular flexibility index (Phi) is 15.7. The van der Waals surface area contributed by atoms with E-state index >= 15 is 0 Å². The Labute approximate surface area is 146 Å². The molecule has 0 aromatic heterocycles. The van der Waals surface area contributed by atoms with E-state index in [9.17, 15) is 9.59 Å². The molecular formula is C18H34O4S. The summed E-state index contributed by atoms with van der Waals surface area (Å²) in [4.78, 5) is 22.7. The minimum atomic E-state index is -0.940. The molecule has 136 valence electrons. The number of rotatable bonds is 16. The number of carbonyl (C=O) groups is 2. The van der Waals surface area contributed by atoms with Crippen molar-refractivity contribution < 1.29 is 19.4 Å². The van der Waals surface area contributed by atoms with E-state index in [0.717, 1.165) is 12.8 Å². The van der Waals surface area contributed by atoms with Gasteiger partial charge in [-0.25, -0.2) is 0 Å². The highest BCUT2D eigenvalue weighted by Gasteiger charge is 2.22. The molecule has 4 nitrogen and oxygen atoms in total. The lowest BCUT2D eigenvalue weighted by Crippen LogP contribution is -2.21. The van der Waals surface area contributed by atoms with Crippen LogP contribution in [0, 0.1) is 5.92 Å². The van der Waals surface area contributed by atoms with Crippen molar-refractivity contribution in [2.75, 3.05) is 12.4 Å². The molecular weight excluding hydrogens is 312 g/mol. The molecule has 0 aliphatic heterocycles. The number of aliphatic carboxylic acids is 1. The highest BCUT2D eigenvalue weighted by molar-refractivity contribution is 7.80. The van der Waals surface area contributed by atoms with Crippen LogP contribution in [0.5, 0.6) is 0 Å². The molecule has 23 heavy (non-hydrogen) atoms. The standard InChI is InChI=1S/C18H34O4S/c1-2-3-4-5-6-7-8-9-10-11-12-16(15-17(19)20)18(21)22-13-14-23/h16,23H,2-15H2,1H3,(H,19,20). The Morgan fingerprint density at radius 3 is 1.96 bits per heavy atom. The molecule has 1 N–H and O–H groups in total. The molecule has 5 heteroatoms. The Morgan fingerprint density at radius 2 is 1.48 bits per heavy atom. The third kappa shape index (κ3) is 14.6. The van der Waals surface area contributed by atoms with E-state index in [0.29, 0.717) is 12.2 Å². The van der Waals surface area contributed by atoms with E-state index in [-0.39, 0.29) is 13.0 Å². The SMILES string of the molecule is CCCCCCCCCCCCC(CC(=O)O)C(=O)OCCS. The molecule has 0 spiro atoms. The van der Waals surface area contributed by atoms with Gasteiger partial charge >= 0.3 is 11.9 Å². The molecule has 0 saturated carbocycles. The van der Waals surface area contributed by atoms with Crippen molar-refractivity contribution in [1.29, 1.82) is 0 Å². The van der Waals surface area contributed by atoms with Crippen molar-refractivity contribution >= 4 is 24.6 Å². The summed E-state index contributed by atoms with van der Waals surface area (Å²) < 4.78 is 5.02. The van der Waals surface area contributed by atoms with Crippen LogP contribution in [0.3, 0.4) is 0 Å². The quantitative estimate of drug-likeness (QED) is 0.238. The van der Waals surface area contributed by atoms with Crippen molar-refractivity contribution in [3.63, 3.8) is 0 Å². The van der Waals surface area contributed by atoms with E-state index in [1.807, 2.05) is 0 Å². The van der Waals surface area contributed by atoms with E-state index in [1.54, 1.807) is 0 Å². The van der Waals surface area contributed by atoms with Gasteiger partial charge in [0.15, 0.2) is 0 Å². The molecule has 0 aliphatic carbocycles. The van der Waals surface area contributed by atoms with Crippen LogP contribution < -0.4 is 0 Å². The van der Waals surface area contributed by atoms with Crippen LogP contribution in [0.2, 0.25) is 0 Å². The van der Waals surface area contributed by atoms with E-state index < -0.39 is 17.9 Å². The topological polar surface area (TPSA) is 63.6 Å². The fourth-order valence-corrected chi connectivity index (χ4v) is 2.75. The van der Waals surface area contributed by atoms with Crippen LogP contribution in [-0.4, -0.2) is 29.4 Å². The van der Waals surface area contributed by atoms with Gasteiger partial charge in [-0.05, 0) is 6.42 Å². The van der Waals surface area contributed by atoms with Crippen molar-refractivity contribution in [2.45, 2.75) is 84.0 Å². The first-order valence-electron chi connectivity index (χ1n) is 9.11. The lowest BCUT2D eigenvalue weighted by molar-refractivity contribution is -0.152. The maximum atomic E-state index is 11.8. The first kappa shape index (κ1) is 22.3. The Bertz CT molecular complexity index is 307. The van der Waals surface area contributed by atoms with E-state index in [4.69, 9.17) is 9.84 Å². The maximum Gasteiger partial charge on any atom is 0.309 e. The van der Waals surface area contributed by atoms with Crippen molar-refractivity contribution in [3.8, 4) is 0 Å². The third-order valence-corrected chi connectivity index (χ3v) is 4.18. The van der Waals surface area contributed by atoms with Gasteiger partial charge < -0.3 is 9.84 Å². The molecule has 0 rings (SSSR count). The predicted molar refractivity (Wildman–Crippen MR) is 97.0 cm³/mol. The second-order valence-corrected chi connectivity index (χ2v) is 6.60. The summed E-state index contributed by atoms with van der Waals surface area (Å²) in [5.41, 5.74) is 0. The molecule has 0 aromatic rings. The molecule has 0 radical (unpaired) electrons. The van der Waals surface area contributed by atoms with Gasteiger partial charge in [0.05, 0.1) is 12.3 Å². The summed E-state index contributed by atoms with van der Waals surface area (Å²) in [5, 5.41) is 8.90. The lowest BCUT2D eigenvalue weighted by Gasteiger charge is -2.13. The third-order valence-electron chi connectivity index (χ3n) is 4.00. The zero-order chi connectivity index (χ0) is 17.3. The maximum absolute atomic E-state index is 11.8. The van der Waals surface area contributed by atoms with Gasteiger partial charge in [0.2, 0.25) is 0 Å². The molecule has 0 heterocycles. The summed E-state index contributed by atoms with van der Waals surface area (Å²) in [6, 6.07) is 0. The second-order valence-electron chi connectivity index (χ2n) is 6.16. The molecule has 0 bridgehead atoms. The molecule has 0 amide bonds. The minimum Gasteiger partial charge on any atom is -0.481 e. The van der Waals surface area contributed by atoms with Gasteiger partial charge in [-0.3, -0.25) is 9.59 Å². The number of thiol groups is 1. The summed E-state index contributed by atoms with van der Waals surface area (Å²) in [6.45, 7) is 2.47. The number of hydrogen-bond acceptors (Lipinski definition) is 4. The van der Waals surface area contributed by atoms with Gasteiger partial charge in [-0.15, -0.1) is 0 Å². The lowest BCUT2D eigenvalue weighted by atomic mass is 9.97. The van der Waals surface area contributed by atoms with Crippen LogP contribution >= 0.6 is 12.6 Å². The molecule has 0 fully saturated rings. The van der Waals surface area contributed by atoms with Crippen LogP contribution in [0.4, 0.5) is 0 Å². The molecule has 1 atom stereocenters. The number of esters is 1. The first-order chi connectivity index (χ1) is 11.1. The van der Waals surface area contributed by atoms with Crippen LogP contribution in [-0.2, 0) is 14.3 Å². The normalized spacial score (nSPS) is 12.1. The zero-order valence-corrected chi connectivity index (χ0v) is 15.5. The summed E-state index contributed by atoms with van der Waals surface area (Å²) in [5.74, 6) is -1.38. The van der Waals surface area contributed by atoms with Crippen LogP contribution in [0.25, 0.3) is 0 Å². The second kappa shape index (κ2) is 16.2. The van der Waals surface area contributed by atoms with Crippen molar-refractivity contribution in [1.82, 2.24) is 0 Å². The van der Waals surface area contributed by atoms with Gasteiger partial charge in [0, 0.05) is 5.75 Å². The smallest absolute Gasteiger partial charge is 0.309 e. The number of ether oxygens (including phenoxy) is 1. The fraction of sp³-hybridized carbons (Fsp3) is 0.889. The monoisotopic (exact) mass is 346 g/mol. The average Bonchev–Trinajstić information content (AvgIpc) is 2.52. The summed E-state index contributed by atoms with van der Waals surface area (Å²) >= 11 is 3.98. The van der Waals surface area contributed by atoms with E-state index in [2.05, 4.69) is 19.6 Å². The summed E-state index contributed by atoms with van der Waals surface area (Å²) in [7, 11) is 0. The highest BCUT2D eigenvalue weighted by Crippen LogP contribution is 2.17. The number of carboxylic acids is 1. The van der Waals surface area contributed by atoms with Crippen LogP contribution in [0.15, 0.2) is 0 Å². The Balaban J connectivity index is 3.70. The van der Waals surface area contributed by atoms with Gasteiger partial charge in [0.25, 0.3) is 0 Å². The average molecular weight is 347 g/mol. The largest absolute Gasteiger partial charge is 0.481 e. The van der Waals surface area contributed by atoms with Gasteiger partial charge in [-0.2, -0.15) is 12.6 Å². The molecule has 1 unspecified atom stereocenters. The molecule has 0 aliphatic rings. The van der Waals surface area contributed by atoms with Gasteiger partial charge in [0.1, 0.15) is 6.61 Å². The molecule has 0 aromatic carbocycles. The predicted octanol–water partition coefficient (Wildman–Crippen LogP) is 4.86. The van der Waals surface area contributed by atoms with Crippen molar-refractivity contribution in [2.24, 2.45) is 5.92 Å². The Morgan fingerprint density at radius 1 is 0.957 bits per heavy atom. The highest BCUT2D eigenvalue weighted by atomic mass is 32.1. The Hall–Kier alpha value is -0.710.